The van der Waals surface area contributed by atoms with Crippen molar-refractivity contribution >= 4 is 29.2 Å². The summed E-state index contributed by atoms with van der Waals surface area (Å²) in [6.07, 6.45) is 3.65. The van der Waals surface area contributed by atoms with Crippen LogP contribution in [0.2, 0.25) is 0 Å². The van der Waals surface area contributed by atoms with Gasteiger partial charge in [-0.25, -0.2) is 14.3 Å². The van der Waals surface area contributed by atoms with E-state index in [4.69, 9.17) is 15.9 Å². The lowest BCUT2D eigenvalue weighted by molar-refractivity contribution is 0.200. The fourth-order valence-corrected chi connectivity index (χ4v) is 4.19. The molecule has 154 valence electrons. The summed E-state index contributed by atoms with van der Waals surface area (Å²) in [5, 5.41) is 8.70. The van der Waals surface area contributed by atoms with Gasteiger partial charge in [0.15, 0.2) is 0 Å². The first kappa shape index (κ1) is 20.0. The fraction of sp³-hybridized carbons (Fsp3) is 0.476. The molecule has 29 heavy (non-hydrogen) atoms. The molecule has 2 aromatic rings. The molecule has 0 radical (unpaired) electrons. The Morgan fingerprint density at radius 2 is 1.97 bits per heavy atom. The zero-order valence-electron chi connectivity index (χ0n) is 17.0. The molecule has 0 amide bonds. The molecule has 4 rings (SSSR count). The Labute approximate surface area is 176 Å². The Bertz CT molecular complexity index is 892. The van der Waals surface area contributed by atoms with Crippen molar-refractivity contribution in [2.75, 3.05) is 42.6 Å². The quantitative estimate of drug-likeness (QED) is 0.410. The first-order valence-electron chi connectivity index (χ1n) is 10.1. The number of rotatable bonds is 7. The summed E-state index contributed by atoms with van der Waals surface area (Å²) in [5.74, 6) is 2.70. The number of nitrogens with one attached hydrogen (secondary N) is 1. The summed E-state index contributed by atoms with van der Waals surface area (Å²) >= 11 is 1.88. The van der Waals surface area contributed by atoms with Crippen molar-refractivity contribution in [3.05, 3.63) is 41.9 Å². The van der Waals surface area contributed by atoms with Gasteiger partial charge in [-0.05, 0) is 38.0 Å². The van der Waals surface area contributed by atoms with Crippen LogP contribution in [0.4, 0.5) is 11.5 Å². The van der Waals surface area contributed by atoms with Gasteiger partial charge in [-0.15, -0.1) is 0 Å². The molecule has 1 aromatic heterocycles. The predicted molar refractivity (Wildman–Crippen MR) is 119 cm³/mol. The monoisotopic (exact) mass is 412 g/mol. The lowest BCUT2D eigenvalue weighted by Gasteiger charge is -2.34. The number of nitrogens with zero attached hydrogens (tertiary/aromatic N) is 4. The van der Waals surface area contributed by atoms with Crippen molar-refractivity contribution in [1.82, 2.24) is 14.3 Å². The number of nitrogens with two attached hydrogens (primary N) is 1. The Morgan fingerprint density at radius 3 is 2.66 bits per heavy atom. The lowest BCUT2D eigenvalue weighted by atomic mass is 10.0. The normalized spacial score (nSPS) is 18.5. The highest BCUT2D eigenvalue weighted by atomic mass is 32.2. The standard InChI is InChI=1S/C21H28N6OS/c1-3-29-27-10-8-26(9-11-27)19-13-18(24-14-25-19)20(23)16-12-15(4-5-17(16)22)28-21(2)6-7-21/h4-5,12-14,23H,3,6-11,22H2,1-2H3. The van der Waals surface area contributed by atoms with Gasteiger partial charge >= 0.3 is 0 Å². The molecule has 0 atom stereocenters. The van der Waals surface area contributed by atoms with Crippen molar-refractivity contribution in [2.24, 2.45) is 0 Å². The van der Waals surface area contributed by atoms with Crippen LogP contribution in [0.15, 0.2) is 30.6 Å². The molecule has 3 N–H and O–H groups in total. The summed E-state index contributed by atoms with van der Waals surface area (Å²) in [6, 6.07) is 7.41. The first-order valence-corrected chi connectivity index (χ1v) is 11.0. The highest BCUT2D eigenvalue weighted by Gasteiger charge is 2.40. The molecule has 2 fully saturated rings. The molecule has 0 unspecified atom stereocenters. The molecule has 2 heterocycles. The molecule has 1 saturated carbocycles. The van der Waals surface area contributed by atoms with Gasteiger partial charge in [0.1, 0.15) is 23.5 Å². The zero-order valence-corrected chi connectivity index (χ0v) is 17.8. The fourth-order valence-electron chi connectivity index (χ4n) is 3.40. The zero-order chi connectivity index (χ0) is 20.4. The third-order valence-electron chi connectivity index (χ3n) is 5.40. The van der Waals surface area contributed by atoms with Crippen LogP contribution in [0.25, 0.3) is 0 Å². The van der Waals surface area contributed by atoms with Gasteiger partial charge in [0.05, 0.1) is 11.4 Å². The minimum absolute atomic E-state index is 0.0735. The Balaban J connectivity index is 1.51. The van der Waals surface area contributed by atoms with Gasteiger partial charge in [-0.2, -0.15) is 0 Å². The van der Waals surface area contributed by atoms with Crippen LogP contribution < -0.4 is 15.4 Å². The second-order valence-corrected chi connectivity index (χ2v) is 9.12. The average Bonchev–Trinajstić information content (AvgIpc) is 3.46. The number of anilines is 2. The summed E-state index contributed by atoms with van der Waals surface area (Å²) in [7, 11) is 0. The van der Waals surface area contributed by atoms with Gasteiger partial charge in [-0.1, -0.05) is 18.9 Å². The van der Waals surface area contributed by atoms with Gasteiger partial charge in [0, 0.05) is 49.2 Å². The maximum atomic E-state index is 8.70. The van der Waals surface area contributed by atoms with Crippen LogP contribution >= 0.6 is 11.9 Å². The number of piperazine rings is 1. The highest BCUT2D eigenvalue weighted by Crippen LogP contribution is 2.40. The number of hydrogen-bond acceptors (Lipinski definition) is 8. The maximum absolute atomic E-state index is 8.70. The molecule has 1 saturated heterocycles. The first-order chi connectivity index (χ1) is 14.0. The molecular weight excluding hydrogens is 384 g/mol. The Morgan fingerprint density at radius 1 is 1.21 bits per heavy atom. The van der Waals surface area contributed by atoms with E-state index in [0.29, 0.717) is 16.9 Å². The molecule has 2 aliphatic rings. The molecule has 1 aromatic carbocycles. The third kappa shape index (κ3) is 4.64. The Kier molecular flexibility index (Phi) is 5.65. The summed E-state index contributed by atoms with van der Waals surface area (Å²) in [5.41, 5.74) is 8.15. The van der Waals surface area contributed by atoms with Crippen LogP contribution in [-0.2, 0) is 0 Å². The largest absolute Gasteiger partial charge is 0.488 e. The van der Waals surface area contributed by atoms with E-state index in [2.05, 4.69) is 33.0 Å². The molecule has 0 bridgehead atoms. The molecule has 7 nitrogen and oxygen atoms in total. The summed E-state index contributed by atoms with van der Waals surface area (Å²) in [4.78, 5) is 11.0. The van der Waals surface area contributed by atoms with Crippen molar-refractivity contribution in [1.29, 1.82) is 5.41 Å². The number of benzene rings is 1. The summed E-state index contributed by atoms with van der Waals surface area (Å²) < 4.78 is 8.44. The number of aromatic nitrogens is 2. The van der Waals surface area contributed by atoms with Crippen LogP contribution in [-0.4, -0.2) is 57.5 Å². The van der Waals surface area contributed by atoms with E-state index in [-0.39, 0.29) is 11.3 Å². The second-order valence-electron chi connectivity index (χ2n) is 7.77. The SMILES string of the molecule is CCSN1CCN(c2cc(C(=N)c3cc(OC4(C)CC4)ccc3N)ncn2)CC1. The van der Waals surface area contributed by atoms with E-state index in [9.17, 15) is 0 Å². The van der Waals surface area contributed by atoms with Crippen molar-refractivity contribution in [3.8, 4) is 5.75 Å². The lowest BCUT2D eigenvalue weighted by Crippen LogP contribution is -2.44. The van der Waals surface area contributed by atoms with E-state index in [1.54, 1.807) is 6.07 Å². The molecule has 0 spiro atoms. The van der Waals surface area contributed by atoms with Crippen LogP contribution in [0, 0.1) is 5.41 Å². The van der Waals surface area contributed by atoms with E-state index in [1.807, 2.05) is 30.1 Å². The predicted octanol–water partition coefficient (Wildman–Crippen LogP) is 3.20. The molecular formula is C21H28N6OS. The van der Waals surface area contributed by atoms with Crippen LogP contribution in [0.1, 0.15) is 37.9 Å². The highest BCUT2D eigenvalue weighted by molar-refractivity contribution is 7.96. The van der Waals surface area contributed by atoms with E-state index in [1.165, 1.54) is 6.33 Å². The van der Waals surface area contributed by atoms with Gasteiger partial charge in [-0.3, -0.25) is 5.41 Å². The number of hydrogen-bond donors (Lipinski definition) is 2. The third-order valence-corrected chi connectivity index (χ3v) is 6.38. The van der Waals surface area contributed by atoms with Crippen molar-refractivity contribution < 1.29 is 4.74 Å². The van der Waals surface area contributed by atoms with Gasteiger partial charge < -0.3 is 15.4 Å². The van der Waals surface area contributed by atoms with E-state index >= 15 is 0 Å². The van der Waals surface area contributed by atoms with Gasteiger partial charge in [0.2, 0.25) is 0 Å². The summed E-state index contributed by atoms with van der Waals surface area (Å²) in [6.45, 7) is 8.11. The molecule has 8 heteroatoms. The Hall–Kier alpha value is -2.32. The van der Waals surface area contributed by atoms with E-state index in [0.717, 1.165) is 56.3 Å². The topological polar surface area (TPSA) is 91.4 Å². The molecule has 1 aliphatic carbocycles. The average molecular weight is 413 g/mol. The minimum atomic E-state index is -0.0735. The maximum Gasteiger partial charge on any atom is 0.132 e. The van der Waals surface area contributed by atoms with Crippen molar-refractivity contribution in [2.45, 2.75) is 32.3 Å². The van der Waals surface area contributed by atoms with Crippen LogP contribution in [0.3, 0.4) is 0 Å². The molecule has 1 aliphatic heterocycles. The van der Waals surface area contributed by atoms with Crippen LogP contribution in [0.5, 0.6) is 5.75 Å². The van der Waals surface area contributed by atoms with Gasteiger partial charge in [0.25, 0.3) is 0 Å². The van der Waals surface area contributed by atoms with E-state index < -0.39 is 0 Å². The second kappa shape index (κ2) is 8.20. The number of nitrogen functional groups attached to an aromatic ring is 1. The minimum Gasteiger partial charge on any atom is -0.488 e. The smallest absolute Gasteiger partial charge is 0.132 e. The number of ether oxygens (including phenoxy) is 1. The van der Waals surface area contributed by atoms with Crippen molar-refractivity contribution in [3.63, 3.8) is 0 Å².